The lowest BCUT2D eigenvalue weighted by atomic mass is 9.99. The van der Waals surface area contributed by atoms with E-state index in [1.165, 1.54) is 148 Å². The average molecular weight is 865 g/mol. The smallest absolute Gasteiger partial charge is 0.306 e. The first-order valence-corrected chi connectivity index (χ1v) is 25.6. The Morgan fingerprint density at radius 2 is 0.951 bits per heavy atom. The second kappa shape index (κ2) is 43.7. The zero-order chi connectivity index (χ0) is 44.3. The first-order valence-electron chi connectivity index (χ1n) is 25.6. The molecule has 0 aromatic heterocycles. The summed E-state index contributed by atoms with van der Waals surface area (Å²) in [5, 5.41) is 40.2. The highest BCUT2D eigenvalue weighted by Gasteiger charge is 2.44. The van der Waals surface area contributed by atoms with Crippen molar-refractivity contribution in [1.29, 1.82) is 0 Å². The summed E-state index contributed by atoms with van der Waals surface area (Å²) < 4.78 is 22.9. The van der Waals surface area contributed by atoms with E-state index in [0.717, 1.165) is 57.8 Å². The van der Waals surface area contributed by atoms with Crippen LogP contribution in [0.25, 0.3) is 0 Å². The van der Waals surface area contributed by atoms with Crippen LogP contribution in [0.4, 0.5) is 0 Å². The third kappa shape index (κ3) is 34.5. The number of hydrogen-bond acceptors (Lipinski definition) is 9. The topological polar surface area (TPSA) is 135 Å². The van der Waals surface area contributed by atoms with Gasteiger partial charge in [0.1, 0.15) is 30.5 Å². The van der Waals surface area contributed by atoms with Gasteiger partial charge in [0.15, 0.2) is 6.29 Å². The van der Waals surface area contributed by atoms with Crippen LogP contribution in [0.1, 0.15) is 226 Å². The predicted molar refractivity (Wildman–Crippen MR) is 252 cm³/mol. The Kier molecular flexibility index (Phi) is 41.1. The van der Waals surface area contributed by atoms with E-state index in [1.807, 2.05) is 0 Å². The number of aliphatic hydroxyl groups excluding tert-OH is 4. The number of rotatable bonds is 44. The maximum atomic E-state index is 12.8. The minimum absolute atomic E-state index is 0.116. The lowest BCUT2D eigenvalue weighted by Crippen LogP contribution is -2.59. The van der Waals surface area contributed by atoms with Crippen LogP contribution < -0.4 is 0 Å². The number of carbonyl (C=O) groups is 1. The first-order chi connectivity index (χ1) is 29.9. The Morgan fingerprint density at radius 3 is 1.46 bits per heavy atom. The molecule has 0 aromatic carbocycles. The predicted octanol–water partition coefficient (Wildman–Crippen LogP) is 12.3. The molecule has 1 heterocycles. The quantitative estimate of drug-likeness (QED) is 0.0268. The van der Waals surface area contributed by atoms with E-state index < -0.39 is 43.4 Å². The van der Waals surface area contributed by atoms with Crippen molar-refractivity contribution in [2.75, 3.05) is 26.4 Å². The maximum Gasteiger partial charge on any atom is 0.306 e. The summed E-state index contributed by atoms with van der Waals surface area (Å²) in [6.07, 6.45) is 46.0. The van der Waals surface area contributed by atoms with Crippen molar-refractivity contribution >= 4 is 5.97 Å². The van der Waals surface area contributed by atoms with Crippen molar-refractivity contribution in [2.45, 2.75) is 263 Å². The molecular formula is C52H96O9. The molecule has 0 saturated carbocycles. The van der Waals surface area contributed by atoms with Crippen molar-refractivity contribution in [3.8, 4) is 0 Å². The molecule has 6 atom stereocenters. The highest BCUT2D eigenvalue weighted by Crippen LogP contribution is 2.23. The fourth-order valence-electron chi connectivity index (χ4n) is 7.79. The molecule has 1 aliphatic rings. The van der Waals surface area contributed by atoms with Crippen molar-refractivity contribution < 1.29 is 44.2 Å². The lowest BCUT2D eigenvalue weighted by Gasteiger charge is -2.39. The highest BCUT2D eigenvalue weighted by molar-refractivity contribution is 5.69. The molecule has 0 amide bonds. The van der Waals surface area contributed by atoms with Gasteiger partial charge in [-0.3, -0.25) is 4.79 Å². The lowest BCUT2D eigenvalue weighted by molar-refractivity contribution is -0.305. The van der Waals surface area contributed by atoms with E-state index in [0.29, 0.717) is 13.0 Å². The Hall–Kier alpha value is -1.59. The largest absolute Gasteiger partial charge is 0.457 e. The van der Waals surface area contributed by atoms with Crippen molar-refractivity contribution in [2.24, 2.45) is 0 Å². The molecule has 61 heavy (non-hydrogen) atoms. The van der Waals surface area contributed by atoms with Crippen LogP contribution in [0.3, 0.4) is 0 Å². The van der Waals surface area contributed by atoms with E-state index in [2.05, 4.69) is 50.3 Å². The molecule has 1 fully saturated rings. The fourth-order valence-corrected chi connectivity index (χ4v) is 7.79. The first kappa shape index (κ1) is 57.4. The van der Waals surface area contributed by atoms with Gasteiger partial charge in [0.25, 0.3) is 0 Å². The highest BCUT2D eigenvalue weighted by atomic mass is 16.7. The number of carbonyl (C=O) groups excluding carboxylic acids is 1. The summed E-state index contributed by atoms with van der Waals surface area (Å²) in [5.74, 6) is -0.323. The molecule has 0 spiro atoms. The number of esters is 1. The second-order valence-electron chi connectivity index (χ2n) is 17.6. The van der Waals surface area contributed by atoms with Crippen LogP contribution in [0, 0.1) is 0 Å². The SMILES string of the molecule is CCCCC/C=C\C/C=C\C/C=C\CCCCCCCCC(=O)OC(COCCCCCCCCCCCCCCCCCCCCC)COC1OC(CO)C(O)C(O)C1O. The standard InChI is InChI=1S/C52H96O9/c1-3-5-7-9-11-13-15-17-19-21-23-25-27-29-31-33-35-37-39-41-48(54)60-46(45-59-52-51(57)50(56)49(55)47(43-53)61-52)44-58-42-40-38-36-34-32-30-28-26-24-22-20-18-16-14-12-10-8-6-4-2/h11,13,17,19,23,25,46-47,49-53,55-57H,3-10,12,14-16,18,20-22,24,26-45H2,1-2H3/b13-11-,19-17-,25-23-. The molecule has 6 unspecified atom stereocenters. The van der Waals surface area contributed by atoms with Crippen LogP contribution in [-0.4, -0.2) is 89.6 Å². The third-order valence-corrected chi connectivity index (χ3v) is 11.8. The molecule has 0 aliphatic carbocycles. The summed E-state index contributed by atoms with van der Waals surface area (Å²) in [6.45, 7) is 4.55. The Morgan fingerprint density at radius 1 is 0.525 bits per heavy atom. The van der Waals surface area contributed by atoms with Gasteiger partial charge in [-0.15, -0.1) is 0 Å². The van der Waals surface area contributed by atoms with Crippen molar-refractivity contribution in [3.05, 3.63) is 36.5 Å². The minimum Gasteiger partial charge on any atom is -0.457 e. The molecule has 358 valence electrons. The van der Waals surface area contributed by atoms with Crippen molar-refractivity contribution in [3.63, 3.8) is 0 Å². The van der Waals surface area contributed by atoms with Gasteiger partial charge in [0.2, 0.25) is 0 Å². The molecular weight excluding hydrogens is 769 g/mol. The summed E-state index contributed by atoms with van der Waals surface area (Å²) in [5.41, 5.74) is 0. The van der Waals surface area contributed by atoms with Gasteiger partial charge in [0, 0.05) is 13.0 Å². The van der Waals surface area contributed by atoms with Gasteiger partial charge >= 0.3 is 5.97 Å². The summed E-state index contributed by atoms with van der Waals surface area (Å²) >= 11 is 0. The number of ether oxygens (including phenoxy) is 4. The Balaban J connectivity index is 2.22. The number of unbranched alkanes of at least 4 members (excludes halogenated alkanes) is 27. The van der Waals surface area contributed by atoms with E-state index in [9.17, 15) is 25.2 Å². The Bertz CT molecular complexity index is 1030. The van der Waals surface area contributed by atoms with Crippen LogP contribution in [0.15, 0.2) is 36.5 Å². The molecule has 4 N–H and O–H groups in total. The molecule has 0 bridgehead atoms. The number of allylic oxidation sites excluding steroid dienone is 6. The summed E-state index contributed by atoms with van der Waals surface area (Å²) in [4.78, 5) is 12.8. The monoisotopic (exact) mass is 865 g/mol. The molecule has 0 aromatic rings. The van der Waals surface area contributed by atoms with Gasteiger partial charge in [-0.25, -0.2) is 0 Å². The van der Waals surface area contributed by atoms with Gasteiger partial charge in [-0.2, -0.15) is 0 Å². The van der Waals surface area contributed by atoms with Gasteiger partial charge in [-0.1, -0.05) is 204 Å². The van der Waals surface area contributed by atoms with E-state index in [1.54, 1.807) is 0 Å². The van der Waals surface area contributed by atoms with Crippen LogP contribution in [-0.2, 0) is 23.7 Å². The number of hydrogen-bond donors (Lipinski definition) is 4. The number of aliphatic hydroxyl groups is 4. The van der Waals surface area contributed by atoms with E-state index in [4.69, 9.17) is 18.9 Å². The molecule has 1 rings (SSSR count). The van der Waals surface area contributed by atoms with Gasteiger partial charge in [-0.05, 0) is 51.4 Å². The second-order valence-corrected chi connectivity index (χ2v) is 17.6. The van der Waals surface area contributed by atoms with Gasteiger partial charge in [0.05, 0.1) is 19.8 Å². The van der Waals surface area contributed by atoms with E-state index in [-0.39, 0.29) is 19.2 Å². The van der Waals surface area contributed by atoms with E-state index >= 15 is 0 Å². The molecule has 9 nitrogen and oxygen atoms in total. The average Bonchev–Trinajstić information content (AvgIpc) is 3.26. The van der Waals surface area contributed by atoms with Crippen LogP contribution in [0.2, 0.25) is 0 Å². The third-order valence-electron chi connectivity index (χ3n) is 11.8. The van der Waals surface area contributed by atoms with Crippen molar-refractivity contribution in [1.82, 2.24) is 0 Å². The fraction of sp³-hybridized carbons (Fsp3) is 0.865. The molecule has 1 saturated heterocycles. The summed E-state index contributed by atoms with van der Waals surface area (Å²) in [6, 6.07) is 0. The van der Waals surface area contributed by atoms with Crippen LogP contribution >= 0.6 is 0 Å². The molecule has 0 radical (unpaired) electrons. The molecule has 1 aliphatic heterocycles. The summed E-state index contributed by atoms with van der Waals surface area (Å²) in [7, 11) is 0. The normalized spacial score (nSPS) is 20.1. The van der Waals surface area contributed by atoms with Gasteiger partial charge < -0.3 is 39.4 Å². The Labute approximate surface area is 374 Å². The van der Waals surface area contributed by atoms with Crippen LogP contribution in [0.5, 0.6) is 0 Å². The minimum atomic E-state index is -1.54. The maximum absolute atomic E-state index is 12.8. The zero-order valence-electron chi connectivity index (χ0n) is 39.4. The zero-order valence-corrected chi connectivity index (χ0v) is 39.4. The molecule has 9 heteroatoms.